The number of halogens is 4. The molecule has 0 atom stereocenters. The predicted molar refractivity (Wildman–Crippen MR) is 120 cm³/mol. The zero-order valence-electron chi connectivity index (χ0n) is 18.9. The van der Waals surface area contributed by atoms with Crippen molar-refractivity contribution in [3.05, 3.63) is 11.8 Å². The SMILES string of the molecule is CC.CC.CS(C)(C)CCOC(=O)/C(=C/CCCCCCCl)NC(=O)C(F)(F)F. The van der Waals surface area contributed by atoms with E-state index in [0.717, 1.165) is 19.3 Å². The van der Waals surface area contributed by atoms with E-state index in [2.05, 4.69) is 0 Å². The number of hydrogen-bond acceptors (Lipinski definition) is 3. The van der Waals surface area contributed by atoms with Gasteiger partial charge in [-0.2, -0.15) is 13.2 Å². The molecule has 9 heteroatoms. The van der Waals surface area contributed by atoms with Gasteiger partial charge in [-0.1, -0.05) is 46.6 Å². The monoisotopic (exact) mass is 465 g/mol. The molecule has 0 saturated carbocycles. The van der Waals surface area contributed by atoms with Gasteiger partial charge < -0.3 is 10.1 Å². The Morgan fingerprint density at radius 3 is 1.97 bits per heavy atom. The lowest BCUT2D eigenvalue weighted by molar-refractivity contribution is -0.173. The smallest absolute Gasteiger partial charge is 0.460 e. The van der Waals surface area contributed by atoms with Crippen LogP contribution in [-0.4, -0.2) is 55.1 Å². The van der Waals surface area contributed by atoms with Crippen LogP contribution in [0.15, 0.2) is 11.8 Å². The van der Waals surface area contributed by atoms with Gasteiger partial charge in [0.2, 0.25) is 0 Å². The Bertz CT molecular complexity index is 465. The van der Waals surface area contributed by atoms with Crippen LogP contribution in [0, 0.1) is 0 Å². The van der Waals surface area contributed by atoms with E-state index in [1.165, 1.54) is 6.08 Å². The van der Waals surface area contributed by atoms with Gasteiger partial charge in [0.1, 0.15) is 5.70 Å². The summed E-state index contributed by atoms with van der Waals surface area (Å²) in [6, 6.07) is 0. The Balaban J connectivity index is -0.00000158. The van der Waals surface area contributed by atoms with Crippen LogP contribution in [0.4, 0.5) is 13.2 Å². The number of carbonyl (C=O) groups excluding carboxylic acids is 2. The summed E-state index contributed by atoms with van der Waals surface area (Å²) in [5.74, 6) is -1.93. The predicted octanol–water partition coefficient (Wildman–Crippen LogP) is 6.03. The van der Waals surface area contributed by atoms with Crippen molar-refractivity contribution in [2.24, 2.45) is 0 Å². The molecule has 0 radical (unpaired) electrons. The number of carbonyl (C=O) groups is 2. The van der Waals surface area contributed by atoms with Crippen LogP contribution in [0.25, 0.3) is 0 Å². The van der Waals surface area contributed by atoms with Crippen LogP contribution in [0.5, 0.6) is 0 Å². The van der Waals surface area contributed by atoms with E-state index in [9.17, 15) is 22.8 Å². The number of hydrogen-bond donors (Lipinski definition) is 1. The molecule has 0 aromatic rings. The van der Waals surface area contributed by atoms with Gasteiger partial charge in [-0.15, -0.1) is 11.6 Å². The minimum absolute atomic E-state index is 0.104. The molecule has 0 spiro atoms. The Morgan fingerprint density at radius 1 is 1.00 bits per heavy atom. The molecule has 0 aliphatic carbocycles. The molecular weight excluding hydrogens is 427 g/mol. The van der Waals surface area contributed by atoms with Crippen molar-refractivity contribution in [1.82, 2.24) is 5.32 Å². The van der Waals surface area contributed by atoms with Gasteiger partial charge in [-0.3, -0.25) is 4.79 Å². The second-order valence-corrected chi connectivity index (χ2v) is 11.4. The average molecular weight is 466 g/mol. The number of unbranched alkanes of at least 4 members (excludes halogenated alkanes) is 4. The lowest BCUT2D eigenvalue weighted by Crippen LogP contribution is -2.38. The Hall–Kier alpha value is -0.890. The number of nitrogens with one attached hydrogen (secondary N) is 1. The lowest BCUT2D eigenvalue weighted by Gasteiger charge is -2.24. The van der Waals surface area contributed by atoms with Crippen LogP contribution in [0.1, 0.15) is 59.8 Å². The van der Waals surface area contributed by atoms with Crippen LogP contribution < -0.4 is 5.32 Å². The molecule has 0 bridgehead atoms. The molecule has 176 valence electrons. The van der Waals surface area contributed by atoms with Gasteiger partial charge >= 0.3 is 18.1 Å². The van der Waals surface area contributed by atoms with E-state index in [1.807, 2.05) is 46.5 Å². The van der Waals surface area contributed by atoms with Crippen LogP contribution >= 0.6 is 21.6 Å². The Labute approximate surface area is 181 Å². The van der Waals surface area contributed by atoms with E-state index in [0.29, 0.717) is 24.5 Å². The first kappa shape index (κ1) is 32.8. The second-order valence-electron chi connectivity index (χ2n) is 6.39. The number of alkyl halides is 4. The maximum Gasteiger partial charge on any atom is 0.471 e. The molecular formula is C20H39ClF3NO3S. The molecule has 4 nitrogen and oxygen atoms in total. The number of ether oxygens (including phenoxy) is 1. The van der Waals surface area contributed by atoms with Gasteiger partial charge in [-0.05, 0) is 38.0 Å². The van der Waals surface area contributed by atoms with Crippen molar-refractivity contribution in [3.63, 3.8) is 0 Å². The lowest BCUT2D eigenvalue weighted by atomic mass is 10.1. The molecule has 0 heterocycles. The van der Waals surface area contributed by atoms with Gasteiger partial charge in [0.25, 0.3) is 0 Å². The van der Waals surface area contributed by atoms with Crippen molar-refractivity contribution >= 4 is 33.5 Å². The summed E-state index contributed by atoms with van der Waals surface area (Å²) in [5.41, 5.74) is -0.455. The van der Waals surface area contributed by atoms with Gasteiger partial charge in [-0.25, -0.2) is 14.8 Å². The van der Waals surface area contributed by atoms with Gasteiger partial charge in [0.05, 0.1) is 6.61 Å². The van der Waals surface area contributed by atoms with Crippen molar-refractivity contribution in [3.8, 4) is 0 Å². The maximum atomic E-state index is 12.4. The third kappa shape index (κ3) is 21.6. The molecule has 1 N–H and O–H groups in total. The normalized spacial score (nSPS) is 12.0. The summed E-state index contributed by atoms with van der Waals surface area (Å²) in [4.78, 5) is 23.1. The van der Waals surface area contributed by atoms with Crippen LogP contribution in [-0.2, 0) is 14.3 Å². The van der Waals surface area contributed by atoms with Crippen molar-refractivity contribution in [1.29, 1.82) is 0 Å². The molecule has 1 amide bonds. The summed E-state index contributed by atoms with van der Waals surface area (Å²) in [6.07, 6.45) is 5.98. The first-order valence-electron chi connectivity index (χ1n) is 9.95. The van der Waals surface area contributed by atoms with E-state index < -0.39 is 33.8 Å². The highest BCUT2D eigenvalue weighted by Crippen LogP contribution is 2.33. The second kappa shape index (κ2) is 19.1. The van der Waals surface area contributed by atoms with Crippen molar-refractivity contribution in [2.45, 2.75) is 66.0 Å². The number of amides is 1. The number of allylic oxidation sites excluding steroid dienone is 1. The Kier molecular flexibility index (Phi) is 21.6. The standard InChI is InChI=1S/C16H27ClF3NO3S.2C2H6/c1-25(2,3)12-11-24-14(22)13(21-15(23)16(18,19)20)9-7-5-4-6-8-10-17;2*1-2/h9H,4-8,10-12H2,1-3H3,(H,21,23);2*1-2H3/b13-9-;;. The highest BCUT2D eigenvalue weighted by Gasteiger charge is 2.39. The fourth-order valence-electron chi connectivity index (χ4n) is 1.68. The fraction of sp³-hybridized carbons (Fsp3) is 0.800. The van der Waals surface area contributed by atoms with Crippen LogP contribution in [0.2, 0.25) is 0 Å². The molecule has 0 fully saturated rings. The molecule has 0 saturated heterocycles. The van der Waals surface area contributed by atoms with E-state index in [1.54, 1.807) is 5.32 Å². The topological polar surface area (TPSA) is 55.4 Å². The summed E-state index contributed by atoms with van der Waals surface area (Å²) >= 11 is 5.56. The largest absolute Gasteiger partial charge is 0.471 e. The minimum atomic E-state index is -5.06. The minimum Gasteiger partial charge on any atom is -0.460 e. The molecule has 0 aromatic carbocycles. The van der Waals surface area contributed by atoms with E-state index in [-0.39, 0.29) is 6.61 Å². The van der Waals surface area contributed by atoms with Crippen molar-refractivity contribution in [2.75, 3.05) is 37.0 Å². The molecule has 0 aliphatic rings. The quantitative estimate of drug-likeness (QED) is 0.175. The third-order valence-corrected chi connectivity index (χ3v) is 4.75. The third-order valence-electron chi connectivity index (χ3n) is 3.09. The van der Waals surface area contributed by atoms with E-state index in [4.69, 9.17) is 16.3 Å². The summed E-state index contributed by atoms with van der Waals surface area (Å²) in [6.45, 7) is 8.10. The summed E-state index contributed by atoms with van der Waals surface area (Å²) < 4.78 is 42.2. The number of esters is 1. The zero-order valence-corrected chi connectivity index (χ0v) is 20.5. The van der Waals surface area contributed by atoms with Crippen molar-refractivity contribution < 1.29 is 27.5 Å². The summed E-state index contributed by atoms with van der Waals surface area (Å²) in [7, 11) is -0.896. The molecule has 0 aliphatic heterocycles. The highest BCUT2D eigenvalue weighted by molar-refractivity contribution is 8.32. The Morgan fingerprint density at radius 2 is 1.52 bits per heavy atom. The van der Waals surface area contributed by atoms with Gasteiger partial charge in [0.15, 0.2) is 0 Å². The molecule has 29 heavy (non-hydrogen) atoms. The molecule has 0 rings (SSSR count). The molecule has 0 aromatic heterocycles. The first-order chi connectivity index (χ1) is 13.5. The first-order valence-corrected chi connectivity index (χ1v) is 13.5. The fourth-order valence-corrected chi connectivity index (χ4v) is 2.45. The summed E-state index contributed by atoms with van der Waals surface area (Å²) in [5, 5.41) is 1.61. The number of rotatable bonds is 11. The van der Waals surface area contributed by atoms with E-state index >= 15 is 0 Å². The molecule has 0 unspecified atom stereocenters. The highest BCUT2D eigenvalue weighted by atomic mass is 35.5. The maximum absolute atomic E-state index is 12.4. The van der Waals surface area contributed by atoms with Crippen LogP contribution in [0.3, 0.4) is 0 Å². The zero-order chi connectivity index (χ0) is 23.5. The average Bonchev–Trinajstić information content (AvgIpc) is 2.64. The van der Waals surface area contributed by atoms with Gasteiger partial charge in [0, 0.05) is 11.6 Å².